The number of benzene rings is 3. The molecule has 0 saturated heterocycles. The Bertz CT molecular complexity index is 1890. The maximum atomic E-state index is 13.4. The van der Waals surface area contributed by atoms with Gasteiger partial charge < -0.3 is 9.15 Å². The van der Waals surface area contributed by atoms with Gasteiger partial charge in [-0.25, -0.2) is 19.3 Å². The van der Waals surface area contributed by atoms with Crippen LogP contribution >= 0.6 is 11.6 Å². The van der Waals surface area contributed by atoms with Gasteiger partial charge in [-0.15, -0.1) is 5.10 Å². The summed E-state index contributed by atoms with van der Waals surface area (Å²) in [5, 5.41) is 5.87. The molecule has 0 fully saturated rings. The first-order valence-corrected chi connectivity index (χ1v) is 11.8. The minimum Gasteiger partial charge on any atom is -0.437 e. The highest BCUT2D eigenvalue weighted by molar-refractivity contribution is 6.31. The van der Waals surface area contributed by atoms with Crippen molar-refractivity contribution in [2.45, 2.75) is 12.8 Å². The molecule has 0 radical (unpaired) electrons. The Morgan fingerprint density at radius 3 is 2.58 bits per heavy atom. The topological polar surface area (TPSA) is 82.5 Å². The van der Waals surface area contributed by atoms with Gasteiger partial charge in [0.2, 0.25) is 5.88 Å². The van der Waals surface area contributed by atoms with E-state index in [-0.39, 0.29) is 0 Å². The van der Waals surface area contributed by atoms with E-state index in [1.807, 2.05) is 67.6 Å². The van der Waals surface area contributed by atoms with Crippen molar-refractivity contribution in [1.29, 1.82) is 0 Å². The summed E-state index contributed by atoms with van der Waals surface area (Å²) < 4.78 is 13.7. The van der Waals surface area contributed by atoms with Gasteiger partial charge in [0, 0.05) is 10.6 Å². The van der Waals surface area contributed by atoms with Crippen molar-refractivity contribution in [3.05, 3.63) is 117 Å². The van der Waals surface area contributed by atoms with E-state index in [9.17, 15) is 4.79 Å². The van der Waals surface area contributed by atoms with Crippen molar-refractivity contribution in [1.82, 2.24) is 19.6 Å². The summed E-state index contributed by atoms with van der Waals surface area (Å²) in [6.07, 6.45) is 1.57. The van der Waals surface area contributed by atoms with Gasteiger partial charge >= 0.3 is 5.63 Å². The average Bonchev–Trinajstić information content (AvgIpc) is 3.33. The van der Waals surface area contributed by atoms with Crippen molar-refractivity contribution < 1.29 is 9.15 Å². The molecule has 0 saturated carbocycles. The number of halogens is 1. The standard InChI is InChI=1S/C28H17ClN4O3/c1-15-8-2-3-9-16(15)25-31-26-23-21(17-10-4-6-12-19(17)29)22-24(36-27(23)30-14-33(26)32-25)18-11-5-7-13-20(18)35-28(22)34/h2-14,21H,1H3. The lowest BCUT2D eigenvalue weighted by Crippen LogP contribution is -2.22. The maximum Gasteiger partial charge on any atom is 0.344 e. The lowest BCUT2D eigenvalue weighted by Gasteiger charge is -2.27. The first kappa shape index (κ1) is 20.8. The molecular weight excluding hydrogens is 476 g/mol. The highest BCUT2D eigenvalue weighted by Crippen LogP contribution is 2.50. The Balaban J connectivity index is 1.57. The second kappa shape index (κ2) is 7.76. The second-order valence-electron chi connectivity index (χ2n) is 8.67. The zero-order chi connectivity index (χ0) is 24.4. The van der Waals surface area contributed by atoms with Crippen LogP contribution in [0.4, 0.5) is 0 Å². The molecule has 7 nitrogen and oxygen atoms in total. The molecule has 0 bridgehead atoms. The fourth-order valence-electron chi connectivity index (χ4n) is 4.89. The van der Waals surface area contributed by atoms with Crippen molar-refractivity contribution >= 4 is 28.2 Å². The largest absolute Gasteiger partial charge is 0.437 e. The van der Waals surface area contributed by atoms with Crippen LogP contribution in [0.5, 0.6) is 11.6 Å². The van der Waals surface area contributed by atoms with E-state index in [0.29, 0.717) is 50.2 Å². The fourth-order valence-corrected chi connectivity index (χ4v) is 5.13. The smallest absolute Gasteiger partial charge is 0.344 e. The summed E-state index contributed by atoms with van der Waals surface area (Å²) in [7, 11) is 0. The molecule has 3 aromatic carbocycles. The molecule has 1 unspecified atom stereocenters. The highest BCUT2D eigenvalue weighted by Gasteiger charge is 2.38. The first-order valence-electron chi connectivity index (χ1n) is 11.4. The molecule has 8 heteroatoms. The van der Waals surface area contributed by atoms with Gasteiger partial charge in [0.05, 0.1) is 22.4 Å². The second-order valence-corrected chi connectivity index (χ2v) is 9.07. The monoisotopic (exact) mass is 492 g/mol. The Morgan fingerprint density at radius 2 is 1.72 bits per heavy atom. The minimum atomic E-state index is -0.622. The SMILES string of the molecule is Cc1ccccc1-c1nc2c3c(ncn2n1)Oc1c(c(=O)oc2ccccc12)C3c1ccccc1Cl. The molecule has 0 N–H and O–H groups in total. The first-order chi connectivity index (χ1) is 17.6. The van der Waals surface area contributed by atoms with Crippen molar-refractivity contribution in [2.75, 3.05) is 0 Å². The predicted molar refractivity (Wildman–Crippen MR) is 136 cm³/mol. The Kier molecular flexibility index (Phi) is 4.49. The van der Waals surface area contributed by atoms with Crippen LogP contribution in [0.3, 0.4) is 0 Å². The third kappa shape index (κ3) is 2.99. The Hall–Kier alpha value is -4.49. The van der Waals surface area contributed by atoms with E-state index in [0.717, 1.165) is 16.7 Å². The third-order valence-corrected chi connectivity index (χ3v) is 6.91. The molecule has 7 rings (SSSR count). The molecule has 3 aromatic heterocycles. The van der Waals surface area contributed by atoms with Crippen molar-refractivity contribution in [3.8, 4) is 23.0 Å². The van der Waals surface area contributed by atoms with Gasteiger partial charge in [-0.2, -0.15) is 0 Å². The van der Waals surface area contributed by atoms with Gasteiger partial charge in [0.25, 0.3) is 0 Å². The van der Waals surface area contributed by atoms with Crippen LogP contribution in [0.25, 0.3) is 28.0 Å². The Labute approximate surface area is 209 Å². The number of para-hydroxylation sites is 1. The fraction of sp³-hybridized carbons (Fsp3) is 0.0714. The zero-order valence-electron chi connectivity index (χ0n) is 19.0. The zero-order valence-corrected chi connectivity index (χ0v) is 19.7. The normalized spacial score (nSPS) is 14.4. The van der Waals surface area contributed by atoms with Crippen LogP contribution in [-0.2, 0) is 0 Å². The van der Waals surface area contributed by atoms with E-state index in [1.165, 1.54) is 0 Å². The summed E-state index contributed by atoms with van der Waals surface area (Å²) in [6, 6.07) is 22.6. The van der Waals surface area contributed by atoms with Gasteiger partial charge in [0.1, 0.15) is 11.9 Å². The van der Waals surface area contributed by atoms with E-state index in [4.69, 9.17) is 25.7 Å². The van der Waals surface area contributed by atoms with Crippen LogP contribution < -0.4 is 10.4 Å². The quantitative estimate of drug-likeness (QED) is 0.269. The molecule has 1 aliphatic rings. The molecular formula is C28H17ClN4O3. The molecule has 1 atom stereocenters. The third-order valence-electron chi connectivity index (χ3n) is 6.56. The summed E-state index contributed by atoms with van der Waals surface area (Å²) in [5.74, 6) is 0.690. The maximum absolute atomic E-state index is 13.4. The molecule has 0 amide bonds. The number of nitrogens with zero attached hydrogens (tertiary/aromatic N) is 4. The summed E-state index contributed by atoms with van der Waals surface area (Å²) in [4.78, 5) is 22.9. The van der Waals surface area contributed by atoms with E-state index in [1.54, 1.807) is 23.0 Å². The molecule has 0 spiro atoms. The van der Waals surface area contributed by atoms with E-state index >= 15 is 0 Å². The van der Waals surface area contributed by atoms with Crippen LogP contribution in [0.2, 0.25) is 5.02 Å². The van der Waals surface area contributed by atoms with Crippen molar-refractivity contribution in [3.63, 3.8) is 0 Å². The average molecular weight is 493 g/mol. The number of hydrogen-bond donors (Lipinski definition) is 0. The molecule has 6 aromatic rings. The molecule has 1 aliphatic heterocycles. The van der Waals surface area contributed by atoms with Crippen molar-refractivity contribution in [2.24, 2.45) is 0 Å². The van der Waals surface area contributed by atoms with Gasteiger partial charge in [0.15, 0.2) is 17.2 Å². The lowest BCUT2D eigenvalue weighted by atomic mass is 9.84. The predicted octanol–water partition coefficient (Wildman–Crippen LogP) is 6.15. The van der Waals surface area contributed by atoms with Gasteiger partial charge in [-0.1, -0.05) is 66.2 Å². The number of fused-ring (bicyclic) bond motifs is 6. The van der Waals surface area contributed by atoms with E-state index < -0.39 is 11.5 Å². The number of hydrogen-bond acceptors (Lipinski definition) is 6. The van der Waals surface area contributed by atoms with Crippen LogP contribution in [0, 0.1) is 6.92 Å². The van der Waals surface area contributed by atoms with E-state index in [2.05, 4.69) is 10.1 Å². The number of aromatic nitrogens is 4. The minimum absolute atomic E-state index is 0.347. The molecule has 4 heterocycles. The number of ether oxygens (including phenoxy) is 1. The van der Waals surface area contributed by atoms with Crippen LogP contribution in [0.1, 0.15) is 28.2 Å². The number of aryl methyl sites for hydroxylation is 1. The highest BCUT2D eigenvalue weighted by atomic mass is 35.5. The van der Waals surface area contributed by atoms with Gasteiger partial charge in [-0.05, 0) is 36.2 Å². The molecule has 0 aliphatic carbocycles. The summed E-state index contributed by atoms with van der Waals surface area (Å²) in [6.45, 7) is 2.01. The van der Waals surface area contributed by atoms with Gasteiger partial charge in [-0.3, -0.25) is 0 Å². The summed E-state index contributed by atoms with van der Waals surface area (Å²) in [5.41, 5.74) is 4.10. The lowest BCUT2D eigenvalue weighted by molar-refractivity contribution is 0.422. The number of rotatable bonds is 2. The van der Waals surface area contributed by atoms with Crippen LogP contribution in [-0.4, -0.2) is 19.6 Å². The Morgan fingerprint density at radius 1 is 0.944 bits per heavy atom. The molecule has 36 heavy (non-hydrogen) atoms. The van der Waals surface area contributed by atoms with Crippen LogP contribution in [0.15, 0.2) is 88.3 Å². The molecule has 174 valence electrons. The summed E-state index contributed by atoms with van der Waals surface area (Å²) >= 11 is 6.70.